The molecule has 3 aromatic heterocycles. The number of nitrogens with two attached hydrogens (primary N) is 1. The summed E-state index contributed by atoms with van der Waals surface area (Å²) < 4.78 is 0. The first-order valence-electron chi connectivity index (χ1n) is 10.1. The van der Waals surface area contributed by atoms with E-state index in [1.54, 1.807) is 12.4 Å². The van der Waals surface area contributed by atoms with Crippen molar-refractivity contribution in [3.8, 4) is 44.6 Å². The molecule has 0 radical (unpaired) electrons. The number of hydrogen-bond acceptors (Lipinski definition) is 4. The second kappa shape index (κ2) is 8.20. The van der Waals surface area contributed by atoms with Gasteiger partial charge in [0.05, 0.1) is 5.69 Å². The first-order valence-corrected chi connectivity index (χ1v) is 10.1. The Hall–Kier alpha value is -4.31. The smallest absolute Gasteiger partial charge is 0.132 e. The molecular weight excluding hydrogens is 380 g/mol. The van der Waals surface area contributed by atoms with Crippen molar-refractivity contribution in [1.29, 1.82) is 0 Å². The van der Waals surface area contributed by atoms with Crippen LogP contribution in [0.3, 0.4) is 0 Å². The van der Waals surface area contributed by atoms with Crippen molar-refractivity contribution >= 4 is 5.82 Å². The maximum Gasteiger partial charge on any atom is 0.132 e. The van der Waals surface area contributed by atoms with Gasteiger partial charge >= 0.3 is 0 Å². The van der Waals surface area contributed by atoms with E-state index in [9.17, 15) is 0 Å². The fraction of sp³-hybridized carbons (Fsp3) is 0. The van der Waals surface area contributed by atoms with Gasteiger partial charge in [0.15, 0.2) is 0 Å². The molecule has 0 aliphatic heterocycles. The minimum absolute atomic E-state index is 0.490. The Labute approximate surface area is 181 Å². The van der Waals surface area contributed by atoms with E-state index in [4.69, 9.17) is 10.7 Å². The van der Waals surface area contributed by atoms with Gasteiger partial charge in [0.25, 0.3) is 0 Å². The fourth-order valence-electron chi connectivity index (χ4n) is 3.91. The molecule has 0 fully saturated rings. The third kappa shape index (κ3) is 3.55. The van der Waals surface area contributed by atoms with Gasteiger partial charge in [-0.25, -0.2) is 4.98 Å². The molecule has 0 amide bonds. The highest BCUT2D eigenvalue weighted by atomic mass is 14.9. The summed E-state index contributed by atoms with van der Waals surface area (Å²) in [5.41, 5.74) is 14.6. The average molecular weight is 400 g/mol. The summed E-state index contributed by atoms with van der Waals surface area (Å²) in [5.74, 6) is 0.490. The highest BCUT2D eigenvalue weighted by molar-refractivity contribution is 6.03. The zero-order valence-electron chi connectivity index (χ0n) is 16.8. The van der Waals surface area contributed by atoms with E-state index in [-0.39, 0.29) is 0 Å². The third-order valence-corrected chi connectivity index (χ3v) is 5.27. The number of aromatic nitrogens is 3. The molecule has 3 heterocycles. The molecule has 4 heteroatoms. The van der Waals surface area contributed by atoms with Crippen LogP contribution < -0.4 is 5.73 Å². The first kappa shape index (κ1) is 18.7. The highest BCUT2D eigenvalue weighted by Crippen LogP contribution is 2.46. The number of pyridine rings is 3. The lowest BCUT2D eigenvalue weighted by atomic mass is 9.86. The van der Waals surface area contributed by atoms with E-state index in [1.165, 1.54) is 0 Å². The molecule has 5 rings (SSSR count). The Morgan fingerprint density at radius 2 is 0.903 bits per heavy atom. The van der Waals surface area contributed by atoms with E-state index in [0.717, 1.165) is 44.6 Å². The van der Waals surface area contributed by atoms with Crippen LogP contribution >= 0.6 is 0 Å². The molecule has 5 aromatic rings. The normalized spacial score (nSPS) is 10.7. The lowest BCUT2D eigenvalue weighted by molar-refractivity contribution is 1.29. The van der Waals surface area contributed by atoms with Crippen LogP contribution in [0.4, 0.5) is 5.82 Å². The van der Waals surface area contributed by atoms with Gasteiger partial charge in [0, 0.05) is 47.0 Å². The van der Waals surface area contributed by atoms with Gasteiger partial charge in [-0.15, -0.1) is 0 Å². The van der Waals surface area contributed by atoms with E-state index in [1.807, 2.05) is 73.1 Å². The molecule has 0 bridgehead atoms. The van der Waals surface area contributed by atoms with Crippen molar-refractivity contribution in [2.24, 2.45) is 0 Å². The number of nitrogen functional groups attached to an aromatic ring is 1. The van der Waals surface area contributed by atoms with E-state index < -0.39 is 0 Å². The van der Waals surface area contributed by atoms with Crippen LogP contribution in [-0.2, 0) is 0 Å². The number of nitrogens with zero attached hydrogens (tertiary/aromatic N) is 3. The first-order chi connectivity index (χ1) is 15.3. The molecule has 2 aromatic carbocycles. The molecule has 4 nitrogen and oxygen atoms in total. The SMILES string of the molecule is Nc1nc(-c2ccncc2)c(-c2ccccc2)c(-c2ccncc2)c1-c1ccccc1. The number of rotatable bonds is 4. The van der Waals surface area contributed by atoms with Crippen molar-refractivity contribution in [2.45, 2.75) is 0 Å². The minimum atomic E-state index is 0.490. The van der Waals surface area contributed by atoms with Gasteiger partial charge in [-0.1, -0.05) is 60.7 Å². The van der Waals surface area contributed by atoms with Crippen molar-refractivity contribution in [3.63, 3.8) is 0 Å². The molecule has 0 unspecified atom stereocenters. The maximum atomic E-state index is 6.63. The minimum Gasteiger partial charge on any atom is -0.383 e. The zero-order chi connectivity index (χ0) is 21.0. The summed E-state index contributed by atoms with van der Waals surface area (Å²) in [7, 11) is 0. The predicted octanol–water partition coefficient (Wildman–Crippen LogP) is 6.12. The highest BCUT2D eigenvalue weighted by Gasteiger charge is 2.23. The van der Waals surface area contributed by atoms with E-state index in [0.29, 0.717) is 5.82 Å². The number of benzene rings is 2. The van der Waals surface area contributed by atoms with Crippen LogP contribution in [0.5, 0.6) is 0 Å². The Bertz CT molecular complexity index is 1300. The second-order valence-electron chi connectivity index (χ2n) is 7.17. The van der Waals surface area contributed by atoms with Crippen molar-refractivity contribution < 1.29 is 0 Å². The Morgan fingerprint density at radius 1 is 0.452 bits per heavy atom. The number of anilines is 1. The van der Waals surface area contributed by atoms with Crippen LogP contribution in [0.25, 0.3) is 44.6 Å². The molecule has 0 aliphatic carbocycles. The monoisotopic (exact) mass is 400 g/mol. The second-order valence-corrected chi connectivity index (χ2v) is 7.17. The van der Waals surface area contributed by atoms with Gasteiger partial charge in [0.1, 0.15) is 5.82 Å². The van der Waals surface area contributed by atoms with Crippen LogP contribution in [0, 0.1) is 0 Å². The average Bonchev–Trinajstić information content (AvgIpc) is 2.85. The molecule has 148 valence electrons. The maximum absolute atomic E-state index is 6.63. The summed E-state index contributed by atoms with van der Waals surface area (Å²) in [6.45, 7) is 0. The van der Waals surface area contributed by atoms with Crippen LogP contribution in [-0.4, -0.2) is 15.0 Å². The standard InChI is InChI=1S/C27H20N4/c28-27-25(20-9-5-2-6-10-20)23(21-11-15-29-16-12-21)24(19-7-3-1-4-8-19)26(31-27)22-13-17-30-18-14-22/h1-18H,(H2,28,31). The Morgan fingerprint density at radius 3 is 1.45 bits per heavy atom. The lowest BCUT2D eigenvalue weighted by Gasteiger charge is -2.21. The lowest BCUT2D eigenvalue weighted by Crippen LogP contribution is -2.03. The topological polar surface area (TPSA) is 64.7 Å². The summed E-state index contributed by atoms with van der Waals surface area (Å²) in [6.07, 6.45) is 7.17. The van der Waals surface area contributed by atoms with Gasteiger partial charge in [0.2, 0.25) is 0 Å². The number of hydrogen-bond donors (Lipinski definition) is 1. The Kier molecular flexibility index (Phi) is 4.95. The summed E-state index contributed by atoms with van der Waals surface area (Å²) in [6, 6.07) is 28.5. The predicted molar refractivity (Wildman–Crippen MR) is 126 cm³/mol. The van der Waals surface area contributed by atoms with Gasteiger partial charge in [-0.2, -0.15) is 0 Å². The summed E-state index contributed by atoms with van der Waals surface area (Å²) in [4.78, 5) is 13.3. The van der Waals surface area contributed by atoms with Crippen LogP contribution in [0.15, 0.2) is 110 Å². The van der Waals surface area contributed by atoms with Crippen molar-refractivity contribution in [1.82, 2.24) is 15.0 Å². The van der Waals surface area contributed by atoms with E-state index in [2.05, 4.69) is 34.2 Å². The molecule has 0 saturated heterocycles. The summed E-state index contributed by atoms with van der Waals surface area (Å²) >= 11 is 0. The molecule has 2 N–H and O–H groups in total. The molecular formula is C27H20N4. The largest absolute Gasteiger partial charge is 0.383 e. The molecule has 0 atom stereocenters. The van der Waals surface area contributed by atoms with Gasteiger partial charge < -0.3 is 5.73 Å². The van der Waals surface area contributed by atoms with Crippen molar-refractivity contribution in [2.75, 3.05) is 5.73 Å². The summed E-state index contributed by atoms with van der Waals surface area (Å²) in [5, 5.41) is 0. The van der Waals surface area contributed by atoms with Crippen LogP contribution in [0.1, 0.15) is 0 Å². The zero-order valence-corrected chi connectivity index (χ0v) is 16.8. The van der Waals surface area contributed by atoms with Crippen molar-refractivity contribution in [3.05, 3.63) is 110 Å². The third-order valence-electron chi connectivity index (χ3n) is 5.27. The van der Waals surface area contributed by atoms with Crippen LogP contribution in [0.2, 0.25) is 0 Å². The Balaban J connectivity index is 1.95. The van der Waals surface area contributed by atoms with Gasteiger partial charge in [-0.3, -0.25) is 9.97 Å². The quantitative estimate of drug-likeness (QED) is 0.395. The van der Waals surface area contributed by atoms with Gasteiger partial charge in [-0.05, 0) is 41.0 Å². The molecule has 31 heavy (non-hydrogen) atoms. The fourth-order valence-corrected chi connectivity index (χ4v) is 3.91. The van der Waals surface area contributed by atoms with E-state index >= 15 is 0 Å². The molecule has 0 aliphatic rings. The molecule has 0 saturated carbocycles. The molecule has 0 spiro atoms.